The van der Waals surface area contributed by atoms with E-state index in [1.165, 1.54) is 60.1 Å². The third-order valence-electron chi connectivity index (χ3n) is 9.54. The van der Waals surface area contributed by atoms with E-state index in [0.717, 1.165) is 17.0 Å². The predicted molar refractivity (Wildman–Crippen MR) is 201 cm³/mol. The van der Waals surface area contributed by atoms with Crippen LogP contribution in [0.5, 0.6) is 0 Å². The average molecular weight is 616 g/mol. The number of rotatable bonds is 5. The molecule has 2 N–H and O–H groups in total. The van der Waals surface area contributed by atoms with Crippen LogP contribution in [0.3, 0.4) is 0 Å². The molecule has 1 aliphatic rings. The zero-order chi connectivity index (χ0) is 31.9. The van der Waals surface area contributed by atoms with Crippen LogP contribution in [-0.2, 0) is 0 Å². The molecule has 3 heteroatoms. The second-order valence-corrected chi connectivity index (χ2v) is 12.5. The maximum absolute atomic E-state index is 5.39. The number of nitrogens with one attached hydrogen (secondary N) is 2. The molecule has 8 aromatic rings. The normalized spacial score (nSPS) is 16.1. The van der Waals surface area contributed by atoms with Gasteiger partial charge in [-0.25, -0.2) is 4.99 Å². The molecule has 9 rings (SSSR count). The summed E-state index contributed by atoms with van der Waals surface area (Å²) in [6.45, 7) is 0. The van der Waals surface area contributed by atoms with Crippen LogP contribution in [0.25, 0.3) is 54.6 Å². The SMILES string of the molecule is c1ccc(C2=NC(c3c4ccccc4cc4c3ccc3ccccc34)NC(c3cccc(-c4ccc(-c5ccccc5)cc4)c3)N2)cc1. The molecule has 0 aliphatic carbocycles. The van der Waals surface area contributed by atoms with Crippen LogP contribution < -0.4 is 10.6 Å². The molecule has 0 saturated heterocycles. The Kier molecular flexibility index (Phi) is 7.03. The quantitative estimate of drug-likeness (QED) is 0.149. The van der Waals surface area contributed by atoms with Crippen molar-refractivity contribution in [2.24, 2.45) is 4.99 Å². The first-order valence-corrected chi connectivity index (χ1v) is 16.5. The number of benzene rings is 8. The third kappa shape index (κ3) is 5.11. The van der Waals surface area contributed by atoms with Crippen molar-refractivity contribution in [3.8, 4) is 22.3 Å². The van der Waals surface area contributed by atoms with Gasteiger partial charge in [0.15, 0.2) is 0 Å². The van der Waals surface area contributed by atoms with Gasteiger partial charge in [0.25, 0.3) is 0 Å². The lowest BCUT2D eigenvalue weighted by Crippen LogP contribution is -2.45. The Morgan fingerprint density at radius 3 is 1.77 bits per heavy atom. The minimum atomic E-state index is -0.282. The van der Waals surface area contributed by atoms with Crippen LogP contribution in [0.1, 0.15) is 29.0 Å². The van der Waals surface area contributed by atoms with E-state index >= 15 is 0 Å². The molecule has 2 atom stereocenters. The summed E-state index contributed by atoms with van der Waals surface area (Å²) in [4.78, 5) is 5.39. The number of aliphatic imine (C=N–C) groups is 1. The van der Waals surface area contributed by atoms with Crippen molar-refractivity contribution in [3.05, 3.63) is 193 Å². The monoisotopic (exact) mass is 615 g/mol. The van der Waals surface area contributed by atoms with Gasteiger partial charge >= 0.3 is 0 Å². The highest BCUT2D eigenvalue weighted by Crippen LogP contribution is 2.39. The zero-order valence-electron chi connectivity index (χ0n) is 26.3. The summed E-state index contributed by atoms with van der Waals surface area (Å²) in [6.07, 6.45) is -0.448. The van der Waals surface area contributed by atoms with Crippen LogP contribution >= 0.6 is 0 Å². The first-order chi connectivity index (χ1) is 23.8. The van der Waals surface area contributed by atoms with Gasteiger partial charge in [0, 0.05) is 11.1 Å². The summed E-state index contributed by atoms with van der Waals surface area (Å²) in [5, 5.41) is 15.1. The molecule has 3 nitrogen and oxygen atoms in total. The minimum absolute atomic E-state index is 0.166. The predicted octanol–water partition coefficient (Wildman–Crippen LogP) is 10.8. The lowest BCUT2D eigenvalue weighted by atomic mass is 9.91. The molecule has 8 aromatic carbocycles. The van der Waals surface area contributed by atoms with Crippen LogP contribution in [0.4, 0.5) is 0 Å². The molecule has 0 fully saturated rings. The van der Waals surface area contributed by atoms with E-state index in [1.807, 2.05) is 0 Å². The number of nitrogens with zero attached hydrogens (tertiary/aromatic N) is 1. The van der Waals surface area contributed by atoms with E-state index in [2.05, 4.69) is 187 Å². The van der Waals surface area contributed by atoms with E-state index in [0.29, 0.717) is 0 Å². The van der Waals surface area contributed by atoms with Crippen LogP contribution in [0, 0.1) is 0 Å². The van der Waals surface area contributed by atoms with Gasteiger partial charge < -0.3 is 5.32 Å². The number of amidine groups is 1. The second kappa shape index (κ2) is 12.0. The molecule has 228 valence electrons. The van der Waals surface area contributed by atoms with Gasteiger partial charge in [0.2, 0.25) is 0 Å². The first kappa shape index (κ1) is 28.2. The van der Waals surface area contributed by atoms with Gasteiger partial charge in [-0.15, -0.1) is 0 Å². The standard InChI is InChI=1S/C45H33N3/c1-3-12-30(13-4-1)31-22-24-32(25-23-31)35-18-11-19-37(28-35)44-46-43(34-15-5-2-6-16-34)47-45(48-44)42-39-21-10-8-17-36(39)29-41-38-20-9-7-14-33(38)26-27-40(41)42/h1-29,44-45,48H,(H,46,47). The fraction of sp³-hybridized carbons (Fsp3) is 0.0444. The Labute approximate surface area is 280 Å². The Hall–Kier alpha value is -6.03. The van der Waals surface area contributed by atoms with Crippen molar-refractivity contribution in [2.75, 3.05) is 0 Å². The molecule has 1 heterocycles. The Bertz CT molecular complexity index is 2450. The molecule has 0 radical (unpaired) electrons. The van der Waals surface area contributed by atoms with E-state index < -0.39 is 0 Å². The van der Waals surface area contributed by atoms with Gasteiger partial charge in [-0.3, -0.25) is 5.32 Å². The molecule has 0 spiro atoms. The molecular formula is C45H33N3. The molecule has 0 aromatic heterocycles. The van der Waals surface area contributed by atoms with Crippen LogP contribution in [0.2, 0.25) is 0 Å². The number of hydrogen-bond donors (Lipinski definition) is 2. The highest BCUT2D eigenvalue weighted by Gasteiger charge is 2.28. The fourth-order valence-electron chi connectivity index (χ4n) is 7.15. The second-order valence-electron chi connectivity index (χ2n) is 12.5. The van der Waals surface area contributed by atoms with Crippen molar-refractivity contribution in [2.45, 2.75) is 12.3 Å². The Morgan fingerprint density at radius 1 is 0.396 bits per heavy atom. The van der Waals surface area contributed by atoms with Crippen molar-refractivity contribution < 1.29 is 0 Å². The molecule has 48 heavy (non-hydrogen) atoms. The summed E-state index contributed by atoms with van der Waals surface area (Å²) >= 11 is 0. The van der Waals surface area contributed by atoms with E-state index in [9.17, 15) is 0 Å². The molecule has 0 amide bonds. The van der Waals surface area contributed by atoms with Crippen molar-refractivity contribution in [1.29, 1.82) is 0 Å². The van der Waals surface area contributed by atoms with E-state index in [1.54, 1.807) is 0 Å². The lowest BCUT2D eigenvalue weighted by molar-refractivity contribution is 0.412. The third-order valence-corrected chi connectivity index (χ3v) is 9.54. The van der Waals surface area contributed by atoms with Gasteiger partial charge in [0.1, 0.15) is 18.2 Å². The molecule has 1 aliphatic heterocycles. The summed E-state index contributed by atoms with van der Waals surface area (Å²) in [6, 6.07) is 62.9. The maximum atomic E-state index is 5.39. The zero-order valence-corrected chi connectivity index (χ0v) is 26.3. The summed E-state index contributed by atoms with van der Waals surface area (Å²) in [7, 11) is 0. The van der Waals surface area contributed by atoms with Gasteiger partial charge in [-0.2, -0.15) is 0 Å². The van der Waals surface area contributed by atoms with E-state index in [4.69, 9.17) is 4.99 Å². The smallest absolute Gasteiger partial charge is 0.131 e. The Morgan fingerprint density at radius 2 is 1.00 bits per heavy atom. The lowest BCUT2D eigenvalue weighted by Gasteiger charge is -2.33. The largest absolute Gasteiger partial charge is 0.350 e. The summed E-state index contributed by atoms with van der Waals surface area (Å²) < 4.78 is 0. The molecule has 0 bridgehead atoms. The van der Waals surface area contributed by atoms with E-state index in [-0.39, 0.29) is 12.3 Å². The fourth-order valence-corrected chi connectivity index (χ4v) is 7.15. The van der Waals surface area contributed by atoms with Gasteiger partial charge in [-0.05, 0) is 72.3 Å². The summed E-state index contributed by atoms with van der Waals surface area (Å²) in [5.41, 5.74) is 8.22. The first-order valence-electron chi connectivity index (χ1n) is 16.5. The average Bonchev–Trinajstić information content (AvgIpc) is 3.17. The van der Waals surface area contributed by atoms with Crippen molar-refractivity contribution in [3.63, 3.8) is 0 Å². The topological polar surface area (TPSA) is 36.4 Å². The number of hydrogen-bond acceptors (Lipinski definition) is 3. The van der Waals surface area contributed by atoms with Gasteiger partial charge in [-0.1, -0.05) is 164 Å². The molecular weight excluding hydrogens is 583 g/mol. The molecule has 2 unspecified atom stereocenters. The van der Waals surface area contributed by atoms with Gasteiger partial charge in [0.05, 0.1) is 0 Å². The van der Waals surface area contributed by atoms with Crippen LogP contribution in [-0.4, -0.2) is 5.84 Å². The van der Waals surface area contributed by atoms with Crippen LogP contribution in [0.15, 0.2) is 181 Å². The maximum Gasteiger partial charge on any atom is 0.131 e. The van der Waals surface area contributed by atoms with Crippen molar-refractivity contribution in [1.82, 2.24) is 10.6 Å². The minimum Gasteiger partial charge on any atom is -0.350 e. The highest BCUT2D eigenvalue weighted by molar-refractivity contribution is 6.14. The number of fused-ring (bicyclic) bond motifs is 4. The van der Waals surface area contributed by atoms with Crippen molar-refractivity contribution >= 4 is 38.2 Å². The summed E-state index contributed by atoms with van der Waals surface area (Å²) in [5.74, 6) is 0.879. The highest BCUT2D eigenvalue weighted by atomic mass is 15.3. The molecule has 0 saturated carbocycles. The Balaban J connectivity index is 1.16.